The van der Waals surface area contributed by atoms with Crippen LogP contribution in [0.4, 0.5) is 5.69 Å². The molecule has 0 radical (unpaired) electrons. The lowest BCUT2D eigenvalue weighted by Crippen LogP contribution is -2.08. The van der Waals surface area contributed by atoms with Crippen molar-refractivity contribution in [2.75, 3.05) is 5.32 Å². The summed E-state index contributed by atoms with van der Waals surface area (Å²) < 4.78 is 0. The number of carbonyl (C=O) groups excluding carboxylic acids is 1. The highest BCUT2D eigenvalue weighted by molar-refractivity contribution is 6.02. The number of nitrogens with zero attached hydrogens (tertiary/aromatic N) is 1. The SMILES string of the molecule is Cc1ccc(-c2cccc(/C=C/C(=O)Nc3ccc(C(O)c4ccccn4)cc3)c2)cc1. The molecule has 0 aliphatic heterocycles. The summed E-state index contributed by atoms with van der Waals surface area (Å²) in [6, 6.07) is 29.0. The standard InChI is InChI=1S/C28H24N2O2/c1-20-8-11-22(12-9-20)24-6-4-5-21(19-24)10-17-27(31)30-25-15-13-23(14-16-25)28(32)26-7-2-3-18-29-26/h2-19,28,32H,1H3,(H,30,31)/b17-10+. The van der Waals surface area contributed by atoms with Crippen LogP contribution >= 0.6 is 0 Å². The van der Waals surface area contributed by atoms with Crippen molar-refractivity contribution in [1.29, 1.82) is 0 Å². The highest BCUT2D eigenvalue weighted by Gasteiger charge is 2.11. The molecule has 0 aliphatic carbocycles. The number of aliphatic hydroxyl groups excluding tert-OH is 1. The fourth-order valence-corrected chi connectivity index (χ4v) is 3.38. The van der Waals surface area contributed by atoms with Crippen molar-refractivity contribution >= 4 is 17.7 Å². The van der Waals surface area contributed by atoms with E-state index in [0.717, 1.165) is 16.7 Å². The number of aromatic nitrogens is 1. The minimum Gasteiger partial charge on any atom is -0.382 e. The van der Waals surface area contributed by atoms with Gasteiger partial charge in [-0.3, -0.25) is 9.78 Å². The molecule has 4 aromatic rings. The first-order chi connectivity index (χ1) is 15.6. The molecule has 0 spiro atoms. The van der Waals surface area contributed by atoms with Crippen LogP contribution in [0, 0.1) is 6.92 Å². The van der Waals surface area contributed by atoms with E-state index in [1.807, 2.05) is 18.2 Å². The molecule has 0 aliphatic rings. The molecule has 0 fully saturated rings. The molecule has 4 nitrogen and oxygen atoms in total. The summed E-state index contributed by atoms with van der Waals surface area (Å²) in [4.78, 5) is 16.5. The third kappa shape index (κ3) is 5.36. The first-order valence-electron chi connectivity index (χ1n) is 10.4. The summed E-state index contributed by atoms with van der Waals surface area (Å²) in [5.41, 5.74) is 6.38. The second-order valence-electron chi connectivity index (χ2n) is 7.59. The van der Waals surface area contributed by atoms with E-state index in [1.165, 1.54) is 11.6 Å². The molecule has 1 unspecified atom stereocenters. The van der Waals surface area contributed by atoms with Gasteiger partial charge in [-0.1, -0.05) is 66.2 Å². The van der Waals surface area contributed by atoms with Gasteiger partial charge >= 0.3 is 0 Å². The zero-order valence-electron chi connectivity index (χ0n) is 17.8. The lowest BCUT2D eigenvalue weighted by atomic mass is 10.0. The number of rotatable bonds is 6. The Morgan fingerprint density at radius 3 is 2.41 bits per heavy atom. The quantitative estimate of drug-likeness (QED) is 0.388. The van der Waals surface area contributed by atoms with Crippen molar-refractivity contribution in [2.45, 2.75) is 13.0 Å². The first kappa shape index (κ1) is 21.2. The van der Waals surface area contributed by atoms with Crippen molar-refractivity contribution < 1.29 is 9.90 Å². The number of hydrogen-bond donors (Lipinski definition) is 2. The van der Waals surface area contributed by atoms with Crippen LogP contribution in [0.2, 0.25) is 0 Å². The largest absolute Gasteiger partial charge is 0.382 e. The van der Waals surface area contributed by atoms with Gasteiger partial charge in [-0.15, -0.1) is 0 Å². The van der Waals surface area contributed by atoms with E-state index in [1.54, 1.807) is 48.7 Å². The number of amides is 1. The topological polar surface area (TPSA) is 62.2 Å². The Morgan fingerprint density at radius 1 is 0.906 bits per heavy atom. The van der Waals surface area contributed by atoms with Crippen molar-refractivity contribution in [3.63, 3.8) is 0 Å². The number of anilines is 1. The molecule has 0 saturated carbocycles. The minimum atomic E-state index is -0.804. The number of hydrogen-bond acceptors (Lipinski definition) is 3. The van der Waals surface area contributed by atoms with Crippen molar-refractivity contribution in [1.82, 2.24) is 4.98 Å². The van der Waals surface area contributed by atoms with E-state index in [2.05, 4.69) is 53.6 Å². The summed E-state index contributed by atoms with van der Waals surface area (Å²) in [7, 11) is 0. The first-order valence-corrected chi connectivity index (χ1v) is 10.4. The van der Waals surface area contributed by atoms with Gasteiger partial charge < -0.3 is 10.4 Å². The third-order valence-electron chi connectivity index (χ3n) is 5.16. The van der Waals surface area contributed by atoms with Crippen LogP contribution in [0.3, 0.4) is 0 Å². The molecule has 32 heavy (non-hydrogen) atoms. The molecule has 0 bridgehead atoms. The van der Waals surface area contributed by atoms with Gasteiger partial charge in [-0.05, 0) is 65.6 Å². The van der Waals surface area contributed by atoms with E-state index >= 15 is 0 Å². The summed E-state index contributed by atoms with van der Waals surface area (Å²) in [6.45, 7) is 2.07. The van der Waals surface area contributed by atoms with Gasteiger partial charge in [0.1, 0.15) is 6.10 Å². The molecule has 1 amide bonds. The lowest BCUT2D eigenvalue weighted by molar-refractivity contribution is -0.111. The van der Waals surface area contributed by atoms with Gasteiger partial charge in [0.05, 0.1) is 5.69 Å². The average Bonchev–Trinajstić information content (AvgIpc) is 2.84. The number of nitrogens with one attached hydrogen (secondary N) is 1. The van der Waals surface area contributed by atoms with Gasteiger partial charge in [0.15, 0.2) is 0 Å². The Morgan fingerprint density at radius 2 is 1.69 bits per heavy atom. The molecule has 3 aromatic carbocycles. The molecule has 0 saturated heterocycles. The Bertz CT molecular complexity index is 1210. The van der Waals surface area contributed by atoms with E-state index in [-0.39, 0.29) is 5.91 Å². The number of aliphatic hydroxyl groups is 1. The van der Waals surface area contributed by atoms with E-state index in [4.69, 9.17) is 0 Å². The average molecular weight is 421 g/mol. The number of pyridine rings is 1. The highest BCUT2D eigenvalue weighted by Crippen LogP contribution is 2.23. The summed E-state index contributed by atoms with van der Waals surface area (Å²) >= 11 is 0. The predicted octanol–water partition coefficient (Wildman–Crippen LogP) is 5.79. The third-order valence-corrected chi connectivity index (χ3v) is 5.16. The monoisotopic (exact) mass is 420 g/mol. The highest BCUT2D eigenvalue weighted by atomic mass is 16.3. The maximum Gasteiger partial charge on any atom is 0.248 e. The van der Waals surface area contributed by atoms with Crippen LogP contribution in [0.5, 0.6) is 0 Å². The normalized spacial score (nSPS) is 11.9. The Labute approximate surface area is 187 Å². The van der Waals surface area contributed by atoms with Gasteiger partial charge in [-0.25, -0.2) is 0 Å². The summed E-state index contributed by atoms with van der Waals surface area (Å²) in [5, 5.41) is 13.3. The second-order valence-corrected chi connectivity index (χ2v) is 7.59. The molecule has 2 N–H and O–H groups in total. The Hall–Kier alpha value is -4.02. The van der Waals surface area contributed by atoms with Crippen molar-refractivity contribution in [3.8, 4) is 11.1 Å². The zero-order valence-corrected chi connectivity index (χ0v) is 17.8. The van der Waals surface area contributed by atoms with Crippen LogP contribution in [0.1, 0.15) is 28.5 Å². The molecular weight excluding hydrogens is 396 g/mol. The van der Waals surface area contributed by atoms with Gasteiger partial charge in [-0.2, -0.15) is 0 Å². The number of aryl methyl sites for hydroxylation is 1. The van der Waals surface area contributed by atoms with Crippen LogP contribution < -0.4 is 5.32 Å². The van der Waals surface area contributed by atoms with Crippen LogP contribution in [-0.4, -0.2) is 16.0 Å². The molecule has 1 atom stereocenters. The summed E-state index contributed by atoms with van der Waals surface area (Å²) in [5.74, 6) is -0.219. The fraction of sp³-hybridized carbons (Fsp3) is 0.0714. The summed E-state index contributed by atoms with van der Waals surface area (Å²) in [6.07, 6.45) is 4.16. The minimum absolute atomic E-state index is 0.219. The number of carbonyl (C=O) groups is 1. The zero-order chi connectivity index (χ0) is 22.3. The van der Waals surface area contributed by atoms with Crippen LogP contribution in [0.15, 0.2) is 103 Å². The van der Waals surface area contributed by atoms with Crippen LogP contribution in [-0.2, 0) is 4.79 Å². The van der Waals surface area contributed by atoms with E-state index < -0.39 is 6.10 Å². The van der Waals surface area contributed by atoms with Gasteiger partial charge in [0.25, 0.3) is 0 Å². The fourth-order valence-electron chi connectivity index (χ4n) is 3.38. The lowest BCUT2D eigenvalue weighted by Gasteiger charge is -2.11. The second kappa shape index (κ2) is 9.86. The van der Waals surface area contributed by atoms with Crippen molar-refractivity contribution in [3.05, 3.63) is 126 Å². The Kier molecular flexibility index (Phi) is 6.54. The molecule has 4 rings (SSSR count). The van der Waals surface area contributed by atoms with E-state index in [0.29, 0.717) is 16.9 Å². The molecule has 158 valence electrons. The van der Waals surface area contributed by atoms with E-state index in [9.17, 15) is 9.90 Å². The van der Waals surface area contributed by atoms with Crippen molar-refractivity contribution in [2.24, 2.45) is 0 Å². The maximum absolute atomic E-state index is 12.4. The maximum atomic E-state index is 12.4. The molecule has 1 heterocycles. The predicted molar refractivity (Wildman–Crippen MR) is 129 cm³/mol. The van der Waals surface area contributed by atoms with Crippen LogP contribution in [0.25, 0.3) is 17.2 Å². The smallest absolute Gasteiger partial charge is 0.248 e. The molecular formula is C28H24N2O2. The van der Waals surface area contributed by atoms with Gasteiger partial charge in [0, 0.05) is 18.0 Å². The molecule has 4 heteroatoms. The Balaban J connectivity index is 1.39. The van der Waals surface area contributed by atoms with Gasteiger partial charge in [0.2, 0.25) is 5.91 Å². The number of benzene rings is 3. The molecule has 1 aromatic heterocycles.